The molecule has 2 amide bonds. The van der Waals surface area contributed by atoms with Gasteiger partial charge in [-0.2, -0.15) is 0 Å². The zero-order valence-electron chi connectivity index (χ0n) is 16.8. The number of rotatable bonds is 7. The number of hydrogen-bond donors (Lipinski definition) is 1. The molecule has 1 N–H and O–H groups in total. The summed E-state index contributed by atoms with van der Waals surface area (Å²) in [5, 5.41) is 2.85. The van der Waals surface area contributed by atoms with E-state index in [2.05, 4.69) is 15.2 Å². The van der Waals surface area contributed by atoms with Crippen LogP contribution >= 0.6 is 0 Å². The molecule has 29 heavy (non-hydrogen) atoms. The second kappa shape index (κ2) is 10.6. The van der Waals surface area contributed by atoms with Crippen molar-refractivity contribution in [2.45, 2.75) is 18.9 Å². The molecule has 0 spiro atoms. The molecule has 7 heteroatoms. The number of ether oxygens (including phenoxy) is 1. The highest BCUT2D eigenvalue weighted by Gasteiger charge is 2.26. The quantitative estimate of drug-likeness (QED) is 0.722. The van der Waals surface area contributed by atoms with Gasteiger partial charge in [0.05, 0.1) is 7.11 Å². The maximum Gasteiger partial charge on any atom is 0.328 e. The molecule has 7 nitrogen and oxygen atoms in total. The Morgan fingerprint density at radius 1 is 1.03 bits per heavy atom. The van der Waals surface area contributed by atoms with E-state index in [1.807, 2.05) is 54.9 Å². The first-order chi connectivity index (χ1) is 14.2. The number of hydrogen-bond acceptors (Lipinski definition) is 5. The molecule has 1 aromatic carbocycles. The monoisotopic (exact) mass is 396 g/mol. The van der Waals surface area contributed by atoms with E-state index in [0.717, 1.165) is 31.6 Å². The number of amides is 2. The molecular weight excluding hydrogens is 368 g/mol. The molecule has 1 atom stereocenters. The topological polar surface area (TPSA) is 74.8 Å². The number of nitrogens with zero attached hydrogens (tertiary/aromatic N) is 3. The Balaban J connectivity index is 1.47. The smallest absolute Gasteiger partial charge is 0.328 e. The van der Waals surface area contributed by atoms with Crippen LogP contribution in [0.4, 0.5) is 4.79 Å². The van der Waals surface area contributed by atoms with E-state index in [0.29, 0.717) is 19.5 Å². The number of nitrogens with one attached hydrogen (secondary N) is 1. The van der Waals surface area contributed by atoms with Crippen LogP contribution in [0.3, 0.4) is 0 Å². The number of piperazine rings is 1. The predicted molar refractivity (Wildman–Crippen MR) is 110 cm³/mol. The third-order valence-corrected chi connectivity index (χ3v) is 5.19. The van der Waals surface area contributed by atoms with Crippen molar-refractivity contribution in [1.29, 1.82) is 0 Å². The van der Waals surface area contributed by atoms with E-state index in [1.54, 1.807) is 4.90 Å². The van der Waals surface area contributed by atoms with Crippen molar-refractivity contribution in [3.05, 3.63) is 66.0 Å². The van der Waals surface area contributed by atoms with Gasteiger partial charge in [-0.15, -0.1) is 0 Å². The Kier molecular flexibility index (Phi) is 7.58. The molecule has 154 valence electrons. The summed E-state index contributed by atoms with van der Waals surface area (Å²) in [7, 11) is 1.34. The average molecular weight is 396 g/mol. The fourth-order valence-corrected chi connectivity index (χ4v) is 3.44. The van der Waals surface area contributed by atoms with E-state index in [1.165, 1.54) is 12.7 Å². The second-order valence-corrected chi connectivity index (χ2v) is 7.15. The summed E-state index contributed by atoms with van der Waals surface area (Å²) in [6, 6.07) is 12.8. The number of benzene rings is 1. The third-order valence-electron chi connectivity index (χ3n) is 5.19. The average Bonchev–Trinajstić information content (AvgIpc) is 2.78. The number of pyridine rings is 1. The fraction of sp³-hybridized carbons (Fsp3) is 0.409. The Morgan fingerprint density at radius 3 is 2.38 bits per heavy atom. The minimum Gasteiger partial charge on any atom is -0.467 e. The van der Waals surface area contributed by atoms with E-state index in [-0.39, 0.29) is 6.03 Å². The number of urea groups is 1. The molecule has 2 heterocycles. The van der Waals surface area contributed by atoms with Crippen LogP contribution in [0, 0.1) is 0 Å². The van der Waals surface area contributed by atoms with Crippen LogP contribution in [-0.2, 0) is 22.4 Å². The van der Waals surface area contributed by atoms with Crippen LogP contribution in [0.5, 0.6) is 0 Å². The first-order valence-electron chi connectivity index (χ1n) is 9.94. The normalized spacial score (nSPS) is 15.6. The summed E-state index contributed by atoms with van der Waals surface area (Å²) in [6.45, 7) is 3.88. The molecule has 0 radical (unpaired) electrons. The van der Waals surface area contributed by atoms with Crippen LogP contribution in [0.1, 0.15) is 11.1 Å². The van der Waals surface area contributed by atoms with Crippen LogP contribution in [0.25, 0.3) is 0 Å². The van der Waals surface area contributed by atoms with Crippen LogP contribution in [-0.4, -0.2) is 72.7 Å². The standard InChI is InChI=1S/C22H28N4O3/c1-29-21(27)20(17-19-5-3-2-4-6-19)24-22(28)26-15-13-25(14-16-26)12-9-18-7-10-23-11-8-18/h2-8,10-11,20H,9,12-17H2,1H3,(H,24,28)/t20-/m0/s1. The zero-order valence-corrected chi connectivity index (χ0v) is 16.8. The lowest BCUT2D eigenvalue weighted by Crippen LogP contribution is -2.55. The van der Waals surface area contributed by atoms with Crippen molar-refractivity contribution in [3.63, 3.8) is 0 Å². The summed E-state index contributed by atoms with van der Waals surface area (Å²) in [6.07, 6.45) is 5.00. The van der Waals surface area contributed by atoms with Gasteiger partial charge in [-0.1, -0.05) is 30.3 Å². The highest BCUT2D eigenvalue weighted by atomic mass is 16.5. The molecule has 1 saturated heterocycles. The van der Waals surface area contributed by atoms with E-state index in [9.17, 15) is 9.59 Å². The summed E-state index contributed by atoms with van der Waals surface area (Å²) in [5.41, 5.74) is 2.24. The van der Waals surface area contributed by atoms with Gasteiger partial charge in [0.1, 0.15) is 6.04 Å². The van der Waals surface area contributed by atoms with E-state index in [4.69, 9.17) is 4.74 Å². The van der Waals surface area contributed by atoms with Crippen LogP contribution in [0.2, 0.25) is 0 Å². The van der Waals surface area contributed by atoms with Crippen molar-refractivity contribution < 1.29 is 14.3 Å². The highest BCUT2D eigenvalue weighted by molar-refractivity contribution is 5.83. The molecule has 1 aromatic heterocycles. The molecule has 1 fully saturated rings. The van der Waals surface area contributed by atoms with Crippen molar-refractivity contribution >= 4 is 12.0 Å². The molecule has 3 rings (SSSR count). The predicted octanol–water partition coefficient (Wildman–Crippen LogP) is 1.74. The minimum atomic E-state index is -0.695. The number of methoxy groups -OCH3 is 1. The van der Waals surface area contributed by atoms with Gasteiger partial charge in [-0.05, 0) is 29.7 Å². The van der Waals surface area contributed by atoms with Crippen molar-refractivity contribution in [3.8, 4) is 0 Å². The lowest BCUT2D eigenvalue weighted by molar-refractivity contribution is -0.142. The first-order valence-corrected chi connectivity index (χ1v) is 9.94. The molecule has 0 bridgehead atoms. The van der Waals surface area contributed by atoms with Gasteiger partial charge in [0.25, 0.3) is 0 Å². The lowest BCUT2D eigenvalue weighted by Gasteiger charge is -2.35. The Hall–Kier alpha value is -2.93. The van der Waals surface area contributed by atoms with Gasteiger partial charge in [-0.25, -0.2) is 9.59 Å². The minimum absolute atomic E-state index is 0.217. The molecule has 0 aliphatic carbocycles. The Morgan fingerprint density at radius 2 is 1.72 bits per heavy atom. The maximum atomic E-state index is 12.7. The molecule has 1 aliphatic heterocycles. The second-order valence-electron chi connectivity index (χ2n) is 7.15. The van der Waals surface area contributed by atoms with Crippen molar-refractivity contribution in [2.24, 2.45) is 0 Å². The van der Waals surface area contributed by atoms with E-state index >= 15 is 0 Å². The number of carbonyl (C=O) groups excluding carboxylic acids is 2. The Labute approximate surface area is 171 Å². The summed E-state index contributed by atoms with van der Waals surface area (Å²) < 4.78 is 4.88. The third kappa shape index (κ3) is 6.29. The van der Waals surface area contributed by atoms with Gasteiger partial charge in [-0.3, -0.25) is 9.88 Å². The summed E-state index contributed by atoms with van der Waals surface area (Å²) in [5.74, 6) is -0.432. The lowest BCUT2D eigenvalue weighted by atomic mass is 10.1. The fourth-order valence-electron chi connectivity index (χ4n) is 3.44. The largest absolute Gasteiger partial charge is 0.467 e. The number of carbonyl (C=O) groups is 2. The Bertz CT molecular complexity index is 777. The maximum absolute atomic E-state index is 12.7. The van der Waals surface area contributed by atoms with Gasteiger partial charge >= 0.3 is 12.0 Å². The van der Waals surface area contributed by atoms with Crippen LogP contribution in [0.15, 0.2) is 54.9 Å². The van der Waals surface area contributed by atoms with Gasteiger partial charge < -0.3 is 15.0 Å². The van der Waals surface area contributed by atoms with E-state index < -0.39 is 12.0 Å². The number of aromatic nitrogens is 1. The first kappa shape index (κ1) is 20.8. The SMILES string of the molecule is COC(=O)[C@H](Cc1ccccc1)NC(=O)N1CCN(CCc2ccncc2)CC1. The van der Waals surface area contributed by atoms with Gasteiger partial charge in [0.2, 0.25) is 0 Å². The molecule has 1 aliphatic rings. The summed E-state index contributed by atoms with van der Waals surface area (Å²) in [4.78, 5) is 33.0. The van der Waals surface area contributed by atoms with Crippen molar-refractivity contribution in [2.75, 3.05) is 39.8 Å². The van der Waals surface area contributed by atoms with Gasteiger partial charge in [0.15, 0.2) is 0 Å². The zero-order chi connectivity index (χ0) is 20.5. The summed E-state index contributed by atoms with van der Waals surface area (Å²) >= 11 is 0. The molecule has 2 aromatic rings. The van der Waals surface area contributed by atoms with Crippen molar-refractivity contribution in [1.82, 2.24) is 20.1 Å². The van der Waals surface area contributed by atoms with Crippen LogP contribution < -0.4 is 5.32 Å². The van der Waals surface area contributed by atoms with Gasteiger partial charge in [0, 0.05) is 51.5 Å². The number of esters is 1. The molecule has 0 saturated carbocycles. The molecular formula is C22H28N4O3. The highest BCUT2D eigenvalue weighted by Crippen LogP contribution is 2.08. The molecule has 0 unspecified atom stereocenters.